The van der Waals surface area contributed by atoms with Crippen molar-refractivity contribution in [1.29, 1.82) is 0 Å². The lowest BCUT2D eigenvalue weighted by atomic mass is 10.4. The summed E-state index contributed by atoms with van der Waals surface area (Å²) in [5, 5.41) is 0. The normalized spacial score (nSPS) is 15.3. The van der Waals surface area contributed by atoms with Crippen LogP contribution in [-0.4, -0.2) is 66.9 Å². The van der Waals surface area contributed by atoms with E-state index in [4.69, 9.17) is 0 Å². The summed E-state index contributed by atoms with van der Waals surface area (Å²) >= 11 is 0. The molecule has 0 amide bonds. The van der Waals surface area contributed by atoms with Gasteiger partial charge < -0.3 is 0 Å². The largest absolute Gasteiger partial charge is 0.265 e. The highest BCUT2D eigenvalue weighted by molar-refractivity contribution is 8.04. The van der Waals surface area contributed by atoms with E-state index in [-0.39, 0.29) is 4.41 Å². The Hall–Kier alpha value is -1.10. The zero-order valence-corrected chi connectivity index (χ0v) is 17.4. The molecule has 0 saturated heterocycles. The first-order valence-corrected chi connectivity index (χ1v) is 13.6. The molecule has 11 nitrogen and oxygen atoms in total. The van der Waals surface area contributed by atoms with Gasteiger partial charge in [-0.15, -0.1) is 0 Å². The van der Waals surface area contributed by atoms with Crippen molar-refractivity contribution in [2.24, 2.45) is 0 Å². The molecule has 1 aromatic carbocycles. The van der Waals surface area contributed by atoms with Crippen molar-refractivity contribution in [3.63, 3.8) is 0 Å². The fraction of sp³-hybridized carbons (Fsp3) is 0.455. The molecule has 26 heavy (non-hydrogen) atoms. The average molecular weight is 451 g/mol. The summed E-state index contributed by atoms with van der Waals surface area (Å²) in [5.74, 6) is 0. The van der Waals surface area contributed by atoms with Crippen molar-refractivity contribution in [2.75, 3.05) is 18.8 Å². The van der Waals surface area contributed by atoms with Crippen molar-refractivity contribution < 1.29 is 37.9 Å². The number of rotatable bonds is 8. The minimum absolute atomic E-state index is 0.145. The van der Waals surface area contributed by atoms with Gasteiger partial charge in [0.1, 0.15) is 0 Å². The van der Waals surface area contributed by atoms with Gasteiger partial charge in [0.05, 0.1) is 23.7 Å². The number of hydrogen-bond acceptors (Lipinski definition) is 9. The lowest BCUT2D eigenvalue weighted by Crippen LogP contribution is -2.56. The number of hydrogen-bond donors (Lipinski definition) is 0. The summed E-state index contributed by atoms with van der Waals surface area (Å²) < 4.78 is 100. The van der Waals surface area contributed by atoms with Gasteiger partial charge in [-0.3, -0.25) is 0 Å². The van der Waals surface area contributed by atoms with E-state index < -0.39 is 55.1 Å². The SMILES string of the molecule is CC(OS(C)(=O)=O)N(N(S(C)(=O)=O)S(C)(=O)=O)S(=O)(=O)c1ccccc1. The van der Waals surface area contributed by atoms with Crippen LogP contribution in [0.4, 0.5) is 0 Å². The molecule has 15 heteroatoms. The Labute approximate surface area is 153 Å². The highest BCUT2D eigenvalue weighted by atomic mass is 32.3. The van der Waals surface area contributed by atoms with Gasteiger partial charge in [-0.05, 0) is 22.9 Å². The maximum atomic E-state index is 12.9. The van der Waals surface area contributed by atoms with Crippen molar-refractivity contribution in [3.8, 4) is 0 Å². The van der Waals surface area contributed by atoms with Crippen LogP contribution in [0, 0.1) is 0 Å². The third-order valence-electron chi connectivity index (χ3n) is 2.64. The second kappa shape index (κ2) is 7.49. The molecule has 0 spiro atoms. The van der Waals surface area contributed by atoms with Crippen LogP contribution in [0.2, 0.25) is 0 Å². The molecule has 0 aliphatic rings. The van der Waals surface area contributed by atoms with Crippen LogP contribution in [0.25, 0.3) is 0 Å². The second-order valence-electron chi connectivity index (χ2n) is 5.19. The highest BCUT2D eigenvalue weighted by Crippen LogP contribution is 2.25. The van der Waals surface area contributed by atoms with Crippen LogP contribution in [0.1, 0.15) is 6.92 Å². The predicted octanol–water partition coefficient (Wildman–Crippen LogP) is -0.864. The lowest BCUT2D eigenvalue weighted by Gasteiger charge is -2.33. The Morgan fingerprint density at radius 3 is 1.58 bits per heavy atom. The minimum atomic E-state index is -4.83. The fourth-order valence-electron chi connectivity index (χ4n) is 1.94. The average Bonchev–Trinajstić information content (AvgIpc) is 2.40. The highest BCUT2D eigenvalue weighted by Gasteiger charge is 2.45. The van der Waals surface area contributed by atoms with Gasteiger partial charge in [0.25, 0.3) is 20.1 Å². The predicted molar refractivity (Wildman–Crippen MR) is 92.4 cm³/mol. The molecule has 1 atom stereocenters. The number of nitrogens with zero attached hydrogens (tertiary/aromatic N) is 2. The molecule has 0 saturated carbocycles. The van der Waals surface area contributed by atoms with Gasteiger partial charge in [-0.1, -0.05) is 22.6 Å². The third kappa shape index (κ3) is 5.70. The number of benzene rings is 1. The topological polar surface area (TPSA) is 152 Å². The second-order valence-corrected chi connectivity index (χ2v) is 12.4. The Morgan fingerprint density at radius 1 is 0.808 bits per heavy atom. The molecule has 0 aliphatic carbocycles. The Balaban J connectivity index is 3.79. The Bertz CT molecular complexity index is 1030. The van der Waals surface area contributed by atoms with E-state index in [1.54, 1.807) is 0 Å². The van der Waals surface area contributed by atoms with E-state index in [0.29, 0.717) is 18.8 Å². The first-order valence-electron chi connectivity index (χ1n) is 6.66. The van der Waals surface area contributed by atoms with Crippen molar-refractivity contribution in [2.45, 2.75) is 18.0 Å². The maximum absolute atomic E-state index is 12.9. The first kappa shape index (κ1) is 22.9. The van der Waals surface area contributed by atoms with Gasteiger partial charge in [-0.2, -0.15) is 8.42 Å². The monoisotopic (exact) mass is 450 g/mol. The third-order valence-corrected chi connectivity index (χ3v) is 8.41. The van der Waals surface area contributed by atoms with Crippen LogP contribution in [-0.2, 0) is 44.4 Å². The van der Waals surface area contributed by atoms with Crippen LogP contribution in [0.15, 0.2) is 35.2 Å². The molecule has 0 radical (unpaired) electrons. The van der Waals surface area contributed by atoms with E-state index in [1.165, 1.54) is 18.2 Å². The van der Waals surface area contributed by atoms with E-state index in [0.717, 1.165) is 19.1 Å². The molecule has 0 fully saturated rings. The van der Waals surface area contributed by atoms with Crippen molar-refractivity contribution in [1.82, 2.24) is 8.23 Å². The molecular weight excluding hydrogens is 432 g/mol. The van der Waals surface area contributed by atoms with Crippen molar-refractivity contribution in [3.05, 3.63) is 30.3 Å². The molecule has 0 aromatic heterocycles. The lowest BCUT2D eigenvalue weighted by molar-refractivity contribution is 0.0516. The van der Waals surface area contributed by atoms with Gasteiger partial charge in [-0.25, -0.2) is 29.4 Å². The fourth-order valence-corrected chi connectivity index (χ4v) is 7.98. The minimum Gasteiger partial charge on any atom is -0.249 e. The van der Waals surface area contributed by atoms with Crippen LogP contribution in [0.5, 0.6) is 0 Å². The Morgan fingerprint density at radius 2 is 1.23 bits per heavy atom. The molecule has 0 aliphatic heterocycles. The molecular formula is C11H18N2O9S4. The van der Waals surface area contributed by atoms with Gasteiger partial charge in [0.2, 0.25) is 20.0 Å². The molecule has 1 rings (SSSR count). The standard InChI is InChI=1S/C11H18N2O9S4/c1-10(22-25(4,18)19)12(13(23(2,14)15)24(3,16)17)26(20,21)11-8-6-5-7-9-11/h5-10H,1-4H3. The van der Waals surface area contributed by atoms with E-state index in [2.05, 4.69) is 4.18 Å². The van der Waals surface area contributed by atoms with E-state index >= 15 is 0 Å². The molecule has 1 unspecified atom stereocenters. The van der Waals surface area contributed by atoms with Gasteiger partial charge in [0, 0.05) is 0 Å². The molecule has 0 heterocycles. The summed E-state index contributed by atoms with van der Waals surface area (Å²) in [5.41, 5.74) is 0. The first-order chi connectivity index (χ1) is 11.5. The maximum Gasteiger partial charge on any atom is 0.265 e. The summed E-state index contributed by atoms with van der Waals surface area (Å²) in [6, 6.07) is 6.28. The van der Waals surface area contributed by atoms with Crippen molar-refractivity contribution >= 4 is 40.2 Å². The van der Waals surface area contributed by atoms with Crippen LogP contribution >= 0.6 is 0 Å². The van der Waals surface area contributed by atoms with Gasteiger partial charge in [0.15, 0.2) is 6.23 Å². The molecule has 0 N–H and O–H groups in total. The van der Waals surface area contributed by atoms with E-state index in [1.807, 2.05) is 0 Å². The summed E-state index contributed by atoms with van der Waals surface area (Å²) in [6.07, 6.45) is -0.509. The summed E-state index contributed by atoms with van der Waals surface area (Å²) in [7, 11) is -18.5. The number of hydrazine groups is 1. The molecule has 150 valence electrons. The van der Waals surface area contributed by atoms with Crippen LogP contribution < -0.4 is 0 Å². The molecule has 1 aromatic rings. The smallest absolute Gasteiger partial charge is 0.249 e. The zero-order chi connectivity index (χ0) is 20.6. The quantitative estimate of drug-likeness (QED) is 0.279. The van der Waals surface area contributed by atoms with E-state index in [9.17, 15) is 33.7 Å². The Kier molecular flexibility index (Phi) is 6.61. The summed E-state index contributed by atoms with van der Waals surface area (Å²) in [4.78, 5) is -0.471. The van der Waals surface area contributed by atoms with Crippen LogP contribution in [0.3, 0.4) is 0 Å². The number of sulfonamides is 3. The zero-order valence-electron chi connectivity index (χ0n) is 14.2. The molecule has 0 bridgehead atoms. The summed E-state index contributed by atoms with van der Waals surface area (Å²) in [6.45, 7) is 0.880. The van der Waals surface area contributed by atoms with Gasteiger partial charge >= 0.3 is 0 Å².